The number of rotatable bonds is 6. The molecule has 0 aromatic heterocycles. The van der Waals surface area contributed by atoms with Crippen LogP contribution < -0.4 is 5.32 Å². The van der Waals surface area contributed by atoms with Crippen LogP contribution in [0.1, 0.15) is 39.0 Å². The van der Waals surface area contributed by atoms with Gasteiger partial charge in [-0.3, -0.25) is 4.79 Å². The molecule has 0 fully saturated rings. The van der Waals surface area contributed by atoms with Crippen molar-refractivity contribution in [2.45, 2.75) is 49.2 Å². The summed E-state index contributed by atoms with van der Waals surface area (Å²) in [6, 6.07) is 5.38. The van der Waals surface area contributed by atoms with Gasteiger partial charge in [0, 0.05) is 11.4 Å². The smallest absolute Gasteiger partial charge is 0.233 e. The molecule has 2 nitrogen and oxygen atoms in total. The first-order chi connectivity index (χ1) is 10.6. The Hall–Kier alpha value is -0.640. The van der Waals surface area contributed by atoms with Gasteiger partial charge in [0.2, 0.25) is 5.91 Å². The van der Waals surface area contributed by atoms with E-state index in [-0.39, 0.29) is 11.2 Å². The Balaban J connectivity index is 1.80. The van der Waals surface area contributed by atoms with Gasteiger partial charge in [-0.1, -0.05) is 40.9 Å². The van der Waals surface area contributed by atoms with Gasteiger partial charge in [0.05, 0.1) is 15.3 Å². The maximum atomic E-state index is 12.2. The summed E-state index contributed by atoms with van der Waals surface area (Å²) < 4.78 is 0. The molecular formula is C17H21Cl2NOS. The maximum Gasteiger partial charge on any atom is 0.233 e. The van der Waals surface area contributed by atoms with Crippen LogP contribution in [-0.2, 0) is 4.79 Å². The second-order valence-corrected chi connectivity index (χ2v) is 7.63. The molecule has 0 bridgehead atoms. The highest BCUT2D eigenvalue weighted by Crippen LogP contribution is 2.36. The lowest BCUT2D eigenvalue weighted by Crippen LogP contribution is -2.31. The van der Waals surface area contributed by atoms with Gasteiger partial charge in [-0.15, -0.1) is 11.8 Å². The van der Waals surface area contributed by atoms with Crippen LogP contribution in [0.15, 0.2) is 34.7 Å². The molecule has 0 aliphatic heterocycles. The summed E-state index contributed by atoms with van der Waals surface area (Å²) in [6.07, 6.45) is 8.20. The lowest BCUT2D eigenvalue weighted by Gasteiger charge is -2.15. The van der Waals surface area contributed by atoms with Crippen LogP contribution in [0.25, 0.3) is 0 Å². The zero-order valence-electron chi connectivity index (χ0n) is 12.7. The van der Waals surface area contributed by atoms with Crippen molar-refractivity contribution in [3.8, 4) is 0 Å². The SMILES string of the molecule is CC(Sc1c(Cl)cccc1Cl)C(=O)NCCC1=CCCCC1. The third-order valence-corrected chi connectivity index (χ3v) is 5.81. The molecule has 0 radical (unpaired) electrons. The van der Waals surface area contributed by atoms with Crippen molar-refractivity contribution in [3.05, 3.63) is 39.9 Å². The zero-order valence-corrected chi connectivity index (χ0v) is 15.0. The predicted octanol–water partition coefficient (Wildman–Crippen LogP) is 5.48. The Bertz CT molecular complexity index is 539. The molecule has 1 amide bonds. The largest absolute Gasteiger partial charge is 0.355 e. The molecule has 0 heterocycles. The summed E-state index contributed by atoms with van der Waals surface area (Å²) in [7, 11) is 0. The van der Waals surface area contributed by atoms with Crippen LogP contribution in [0.5, 0.6) is 0 Å². The summed E-state index contributed by atoms with van der Waals surface area (Å²) >= 11 is 13.7. The fourth-order valence-electron chi connectivity index (χ4n) is 2.45. The van der Waals surface area contributed by atoms with E-state index in [2.05, 4.69) is 11.4 Å². The second kappa shape index (κ2) is 8.85. The van der Waals surface area contributed by atoms with Crippen molar-refractivity contribution in [3.63, 3.8) is 0 Å². The minimum Gasteiger partial charge on any atom is -0.355 e. The standard InChI is InChI=1S/C17H21Cl2NOS/c1-12(22-16-14(18)8-5-9-15(16)19)17(21)20-11-10-13-6-3-2-4-7-13/h5-6,8-9,12H,2-4,7,10-11H2,1H3,(H,20,21). The minimum atomic E-state index is -0.224. The van der Waals surface area contributed by atoms with Gasteiger partial charge < -0.3 is 5.32 Å². The molecule has 1 aromatic rings. The van der Waals surface area contributed by atoms with Crippen LogP contribution in [-0.4, -0.2) is 17.7 Å². The highest BCUT2D eigenvalue weighted by atomic mass is 35.5. The minimum absolute atomic E-state index is 0.0254. The van der Waals surface area contributed by atoms with E-state index in [4.69, 9.17) is 23.2 Å². The van der Waals surface area contributed by atoms with Gasteiger partial charge in [-0.05, 0) is 51.2 Å². The molecule has 1 N–H and O–H groups in total. The molecule has 2 rings (SSSR count). The second-order valence-electron chi connectivity index (χ2n) is 5.46. The zero-order chi connectivity index (χ0) is 15.9. The molecule has 1 aliphatic rings. The molecule has 0 saturated heterocycles. The van der Waals surface area contributed by atoms with Crippen molar-refractivity contribution in [2.24, 2.45) is 0 Å². The van der Waals surface area contributed by atoms with Gasteiger partial charge in [0.25, 0.3) is 0 Å². The normalized spacial score (nSPS) is 16.0. The van der Waals surface area contributed by atoms with Crippen LogP contribution in [0.2, 0.25) is 10.0 Å². The Morgan fingerprint density at radius 2 is 2.05 bits per heavy atom. The molecule has 0 spiro atoms. The molecule has 0 saturated carbocycles. The molecule has 1 aromatic carbocycles. The average molecular weight is 358 g/mol. The van der Waals surface area contributed by atoms with Crippen molar-refractivity contribution < 1.29 is 4.79 Å². The van der Waals surface area contributed by atoms with Gasteiger partial charge in [-0.25, -0.2) is 0 Å². The number of allylic oxidation sites excluding steroid dienone is 1. The van der Waals surface area contributed by atoms with Crippen LogP contribution >= 0.6 is 35.0 Å². The lowest BCUT2D eigenvalue weighted by atomic mass is 9.97. The number of amides is 1. The van der Waals surface area contributed by atoms with Gasteiger partial charge >= 0.3 is 0 Å². The first-order valence-corrected chi connectivity index (χ1v) is 9.28. The fourth-order valence-corrected chi connectivity index (χ4v) is 4.02. The number of benzene rings is 1. The summed E-state index contributed by atoms with van der Waals surface area (Å²) in [4.78, 5) is 12.9. The molecule has 1 unspecified atom stereocenters. The number of hydrogen-bond donors (Lipinski definition) is 1. The van der Waals surface area contributed by atoms with E-state index in [1.807, 2.05) is 6.92 Å². The number of thioether (sulfide) groups is 1. The summed E-state index contributed by atoms with van der Waals surface area (Å²) in [6.45, 7) is 2.57. The van der Waals surface area contributed by atoms with E-state index in [1.165, 1.54) is 43.0 Å². The van der Waals surface area contributed by atoms with E-state index < -0.39 is 0 Å². The molecular weight excluding hydrogens is 337 g/mol. The van der Waals surface area contributed by atoms with Crippen molar-refractivity contribution in [1.82, 2.24) is 5.32 Å². The first-order valence-electron chi connectivity index (χ1n) is 7.64. The molecule has 120 valence electrons. The molecule has 22 heavy (non-hydrogen) atoms. The van der Waals surface area contributed by atoms with Crippen molar-refractivity contribution >= 4 is 40.9 Å². The average Bonchev–Trinajstić information content (AvgIpc) is 2.52. The topological polar surface area (TPSA) is 29.1 Å². The number of hydrogen-bond acceptors (Lipinski definition) is 2. The van der Waals surface area contributed by atoms with E-state index in [0.29, 0.717) is 16.6 Å². The van der Waals surface area contributed by atoms with E-state index in [1.54, 1.807) is 18.2 Å². The maximum absolute atomic E-state index is 12.2. The van der Waals surface area contributed by atoms with Crippen LogP contribution in [0.3, 0.4) is 0 Å². The van der Waals surface area contributed by atoms with E-state index in [9.17, 15) is 4.79 Å². The van der Waals surface area contributed by atoms with Crippen molar-refractivity contribution in [1.29, 1.82) is 0 Å². The Kier molecular flexibility index (Phi) is 7.13. The number of carbonyl (C=O) groups excluding carboxylic acids is 1. The molecule has 5 heteroatoms. The summed E-state index contributed by atoms with van der Waals surface area (Å²) in [5, 5.41) is 3.95. The number of carbonyl (C=O) groups is 1. The predicted molar refractivity (Wildman–Crippen MR) is 96.0 cm³/mol. The number of halogens is 2. The molecule has 1 atom stereocenters. The number of nitrogens with one attached hydrogen (secondary N) is 1. The third kappa shape index (κ3) is 5.22. The summed E-state index contributed by atoms with van der Waals surface area (Å²) in [5.41, 5.74) is 1.47. The first kappa shape index (κ1) is 17.7. The van der Waals surface area contributed by atoms with E-state index in [0.717, 1.165) is 11.3 Å². The Morgan fingerprint density at radius 3 is 2.68 bits per heavy atom. The Labute approximate surface area is 146 Å². The fraction of sp³-hybridized carbons (Fsp3) is 0.471. The van der Waals surface area contributed by atoms with Gasteiger partial charge in [0.15, 0.2) is 0 Å². The third-order valence-electron chi connectivity index (χ3n) is 3.71. The lowest BCUT2D eigenvalue weighted by molar-refractivity contribution is -0.120. The molecule has 1 aliphatic carbocycles. The van der Waals surface area contributed by atoms with Crippen LogP contribution in [0.4, 0.5) is 0 Å². The highest BCUT2D eigenvalue weighted by molar-refractivity contribution is 8.00. The van der Waals surface area contributed by atoms with E-state index >= 15 is 0 Å². The summed E-state index contributed by atoms with van der Waals surface area (Å²) in [5.74, 6) is 0.0254. The quantitative estimate of drug-likeness (QED) is 0.539. The van der Waals surface area contributed by atoms with Gasteiger partial charge in [0.1, 0.15) is 0 Å². The van der Waals surface area contributed by atoms with Crippen molar-refractivity contribution in [2.75, 3.05) is 6.54 Å². The highest BCUT2D eigenvalue weighted by Gasteiger charge is 2.17. The Morgan fingerprint density at radius 1 is 1.32 bits per heavy atom. The van der Waals surface area contributed by atoms with Gasteiger partial charge in [-0.2, -0.15) is 0 Å². The van der Waals surface area contributed by atoms with Crippen LogP contribution in [0, 0.1) is 0 Å². The monoisotopic (exact) mass is 357 g/mol.